The summed E-state index contributed by atoms with van der Waals surface area (Å²) in [4.78, 5) is 11.8. The third-order valence-corrected chi connectivity index (χ3v) is 4.84. The largest absolute Gasteiger partial charge is 0.368 e. The molecule has 0 unspecified atom stereocenters. The van der Waals surface area contributed by atoms with Gasteiger partial charge in [0.1, 0.15) is 11.1 Å². The second-order valence-electron chi connectivity index (χ2n) is 5.16. The predicted octanol–water partition coefficient (Wildman–Crippen LogP) is 2.94. The lowest BCUT2D eigenvalue weighted by Gasteiger charge is -2.12. The van der Waals surface area contributed by atoms with E-state index in [0.717, 1.165) is 5.56 Å². The maximum Gasteiger partial charge on any atom is 0.235 e. The van der Waals surface area contributed by atoms with E-state index in [1.165, 1.54) is 17.8 Å². The van der Waals surface area contributed by atoms with E-state index >= 15 is 0 Å². The molecule has 3 aromatic rings. The number of carbonyl (C=O) groups is 1. The average molecular weight is 342 g/mol. The van der Waals surface area contributed by atoms with E-state index in [1.807, 2.05) is 30.3 Å². The minimum Gasteiger partial charge on any atom is -0.368 e. The first kappa shape index (κ1) is 16.2. The van der Waals surface area contributed by atoms with Gasteiger partial charge in [0, 0.05) is 7.05 Å². The van der Waals surface area contributed by atoms with E-state index in [1.54, 1.807) is 29.8 Å². The molecule has 24 heavy (non-hydrogen) atoms. The molecule has 0 aliphatic carbocycles. The fraction of sp³-hybridized carbons (Fsp3) is 0.118. The Morgan fingerprint density at radius 2 is 1.79 bits per heavy atom. The Bertz CT molecular complexity index is 866. The predicted molar refractivity (Wildman–Crippen MR) is 90.6 cm³/mol. The lowest BCUT2D eigenvalue weighted by atomic mass is 10.1. The van der Waals surface area contributed by atoms with Crippen molar-refractivity contribution in [3.63, 3.8) is 0 Å². The molecule has 1 amide bonds. The zero-order chi connectivity index (χ0) is 17.1. The van der Waals surface area contributed by atoms with Crippen LogP contribution in [0.25, 0.3) is 11.4 Å². The highest BCUT2D eigenvalue weighted by Crippen LogP contribution is 2.35. The van der Waals surface area contributed by atoms with Crippen LogP contribution in [0, 0.1) is 5.82 Å². The molecule has 0 spiro atoms. The Kier molecular flexibility index (Phi) is 4.61. The summed E-state index contributed by atoms with van der Waals surface area (Å²) in [5, 5.41) is 8.03. The van der Waals surface area contributed by atoms with Gasteiger partial charge < -0.3 is 10.3 Å². The van der Waals surface area contributed by atoms with Crippen molar-refractivity contribution in [2.75, 3.05) is 0 Å². The van der Waals surface area contributed by atoms with Gasteiger partial charge in [-0.1, -0.05) is 54.2 Å². The van der Waals surface area contributed by atoms with Gasteiger partial charge in [-0.25, -0.2) is 4.39 Å². The third-order valence-electron chi connectivity index (χ3n) is 3.53. The quantitative estimate of drug-likeness (QED) is 0.724. The summed E-state index contributed by atoms with van der Waals surface area (Å²) in [6.45, 7) is 0. The summed E-state index contributed by atoms with van der Waals surface area (Å²) in [7, 11) is 1.73. The van der Waals surface area contributed by atoms with Gasteiger partial charge in [-0.3, -0.25) is 4.79 Å². The Labute approximate surface area is 142 Å². The molecule has 3 rings (SSSR count). The van der Waals surface area contributed by atoms with Crippen molar-refractivity contribution in [1.29, 1.82) is 0 Å². The first-order chi connectivity index (χ1) is 11.6. The molecule has 0 fully saturated rings. The summed E-state index contributed by atoms with van der Waals surface area (Å²) in [5.41, 5.74) is 6.67. The summed E-state index contributed by atoms with van der Waals surface area (Å²) in [6.07, 6.45) is 0. The van der Waals surface area contributed by atoms with Crippen LogP contribution in [0.5, 0.6) is 0 Å². The number of nitrogens with zero attached hydrogens (tertiary/aromatic N) is 3. The number of carbonyl (C=O) groups excluding carboxylic acids is 1. The normalized spacial score (nSPS) is 12.1. The molecule has 0 radical (unpaired) electrons. The maximum absolute atomic E-state index is 14.0. The van der Waals surface area contributed by atoms with E-state index < -0.39 is 11.2 Å². The van der Waals surface area contributed by atoms with Crippen LogP contribution in [0.3, 0.4) is 0 Å². The topological polar surface area (TPSA) is 73.8 Å². The fourth-order valence-corrected chi connectivity index (χ4v) is 3.27. The summed E-state index contributed by atoms with van der Waals surface area (Å²) in [5.74, 6) is -0.451. The van der Waals surface area contributed by atoms with Crippen LogP contribution in [0.15, 0.2) is 59.8 Å². The number of nitrogens with two attached hydrogens (primary N) is 1. The lowest BCUT2D eigenvalue weighted by Crippen LogP contribution is -2.19. The molecule has 5 nitrogen and oxygen atoms in total. The van der Waals surface area contributed by atoms with E-state index in [0.29, 0.717) is 16.5 Å². The van der Waals surface area contributed by atoms with Crippen LogP contribution < -0.4 is 5.73 Å². The van der Waals surface area contributed by atoms with Crippen LogP contribution >= 0.6 is 11.8 Å². The monoisotopic (exact) mass is 342 g/mol. The number of aromatic nitrogens is 3. The zero-order valence-corrected chi connectivity index (χ0v) is 13.7. The summed E-state index contributed by atoms with van der Waals surface area (Å²) >= 11 is 1.19. The number of primary amides is 1. The number of amides is 1. The van der Waals surface area contributed by atoms with Crippen molar-refractivity contribution >= 4 is 17.7 Å². The molecule has 0 saturated carbocycles. The van der Waals surface area contributed by atoms with Crippen molar-refractivity contribution in [3.8, 4) is 11.4 Å². The molecule has 1 aromatic heterocycles. The molecule has 1 atom stereocenters. The Morgan fingerprint density at radius 3 is 2.46 bits per heavy atom. The van der Waals surface area contributed by atoms with Crippen molar-refractivity contribution in [2.24, 2.45) is 12.8 Å². The van der Waals surface area contributed by atoms with Crippen molar-refractivity contribution in [3.05, 3.63) is 66.0 Å². The van der Waals surface area contributed by atoms with Crippen LogP contribution in [0.1, 0.15) is 10.8 Å². The summed E-state index contributed by atoms with van der Waals surface area (Å²) in [6, 6.07) is 15.6. The van der Waals surface area contributed by atoms with Crippen LogP contribution in [0.4, 0.5) is 4.39 Å². The Hall–Kier alpha value is -2.67. The Morgan fingerprint density at radius 1 is 1.12 bits per heavy atom. The SMILES string of the molecule is Cn1c(S[C@H](C(N)=O)c2ccccc2)nnc1-c1ccccc1F. The molecule has 0 aliphatic heterocycles. The molecule has 0 aliphatic rings. The van der Waals surface area contributed by atoms with Crippen LogP contribution in [0.2, 0.25) is 0 Å². The van der Waals surface area contributed by atoms with E-state index in [9.17, 15) is 9.18 Å². The van der Waals surface area contributed by atoms with Gasteiger partial charge >= 0.3 is 0 Å². The smallest absolute Gasteiger partial charge is 0.235 e. The standard InChI is InChI=1S/C17H15FN4OS/c1-22-16(12-9-5-6-10-13(12)18)20-21-17(22)24-14(15(19)23)11-7-3-2-4-8-11/h2-10,14H,1H3,(H2,19,23)/t14-/m0/s1. The highest BCUT2D eigenvalue weighted by atomic mass is 32.2. The van der Waals surface area contributed by atoms with Crippen molar-refractivity contribution < 1.29 is 9.18 Å². The van der Waals surface area contributed by atoms with Gasteiger partial charge in [0.05, 0.1) is 5.56 Å². The number of benzene rings is 2. The first-order valence-electron chi connectivity index (χ1n) is 7.23. The fourth-order valence-electron chi connectivity index (χ4n) is 2.32. The summed E-state index contributed by atoms with van der Waals surface area (Å²) < 4.78 is 15.6. The first-order valence-corrected chi connectivity index (χ1v) is 8.11. The number of thioether (sulfide) groups is 1. The number of hydrogen-bond acceptors (Lipinski definition) is 4. The minimum atomic E-state index is -0.595. The molecular weight excluding hydrogens is 327 g/mol. The molecule has 7 heteroatoms. The number of rotatable bonds is 5. The van der Waals surface area contributed by atoms with Gasteiger partial charge in [0.2, 0.25) is 5.91 Å². The van der Waals surface area contributed by atoms with E-state index in [2.05, 4.69) is 10.2 Å². The van der Waals surface area contributed by atoms with Crippen LogP contribution in [-0.4, -0.2) is 20.7 Å². The average Bonchev–Trinajstić information content (AvgIpc) is 2.94. The number of hydrogen-bond donors (Lipinski definition) is 1. The van der Waals surface area contributed by atoms with Crippen molar-refractivity contribution in [2.45, 2.75) is 10.4 Å². The molecule has 122 valence electrons. The Balaban J connectivity index is 1.94. The second kappa shape index (κ2) is 6.84. The van der Waals surface area contributed by atoms with Gasteiger partial charge in [-0.2, -0.15) is 0 Å². The van der Waals surface area contributed by atoms with Gasteiger partial charge in [0.15, 0.2) is 11.0 Å². The van der Waals surface area contributed by atoms with Crippen LogP contribution in [-0.2, 0) is 11.8 Å². The van der Waals surface area contributed by atoms with Gasteiger partial charge in [-0.05, 0) is 17.7 Å². The van der Waals surface area contributed by atoms with Gasteiger partial charge in [0.25, 0.3) is 0 Å². The molecule has 0 bridgehead atoms. The molecule has 2 aromatic carbocycles. The lowest BCUT2D eigenvalue weighted by molar-refractivity contribution is -0.117. The van der Waals surface area contributed by atoms with E-state index in [4.69, 9.17) is 5.73 Å². The van der Waals surface area contributed by atoms with Gasteiger partial charge in [-0.15, -0.1) is 10.2 Å². The highest BCUT2D eigenvalue weighted by Gasteiger charge is 2.23. The van der Waals surface area contributed by atoms with E-state index in [-0.39, 0.29) is 5.82 Å². The minimum absolute atomic E-state index is 0.356. The molecule has 2 N–H and O–H groups in total. The third kappa shape index (κ3) is 3.16. The maximum atomic E-state index is 14.0. The number of halogens is 1. The molecule has 1 heterocycles. The molecular formula is C17H15FN4OS. The zero-order valence-electron chi connectivity index (χ0n) is 12.9. The second-order valence-corrected chi connectivity index (χ2v) is 6.23. The highest BCUT2D eigenvalue weighted by molar-refractivity contribution is 8.00. The van der Waals surface area contributed by atoms with Crippen molar-refractivity contribution in [1.82, 2.24) is 14.8 Å². The molecule has 0 saturated heterocycles.